The van der Waals surface area contributed by atoms with E-state index in [0.717, 1.165) is 30.8 Å². The van der Waals surface area contributed by atoms with Gasteiger partial charge >= 0.3 is 0 Å². The molecular weight excluding hydrogens is 315 g/mol. The average molecular weight is 327 g/mol. The molecule has 0 bridgehead atoms. The second-order valence-corrected chi connectivity index (χ2v) is 6.85. The van der Waals surface area contributed by atoms with Crippen molar-refractivity contribution < 1.29 is 4.79 Å². The topological polar surface area (TPSA) is 41.1 Å². The number of carbonyl (C=O) groups excluding carboxylic acids is 1. The van der Waals surface area contributed by atoms with Gasteiger partial charge in [-0.3, -0.25) is 4.79 Å². The summed E-state index contributed by atoms with van der Waals surface area (Å²) >= 11 is 13.1. The van der Waals surface area contributed by atoms with E-state index in [9.17, 15) is 4.79 Å². The van der Waals surface area contributed by atoms with Crippen LogP contribution >= 0.6 is 34.5 Å². The highest BCUT2D eigenvalue weighted by Crippen LogP contribution is 2.32. The van der Waals surface area contributed by atoms with Gasteiger partial charge in [-0.2, -0.15) is 0 Å². The average Bonchev–Trinajstić information content (AvgIpc) is 2.78. The van der Waals surface area contributed by atoms with Gasteiger partial charge in [-0.25, -0.2) is 0 Å². The first-order valence-electron chi connectivity index (χ1n) is 6.23. The van der Waals surface area contributed by atoms with E-state index < -0.39 is 0 Å². The maximum absolute atomic E-state index is 12.3. The molecule has 6 heteroatoms. The minimum atomic E-state index is -0.225. The predicted molar refractivity (Wildman–Crippen MR) is 84.1 cm³/mol. The lowest BCUT2D eigenvalue weighted by molar-refractivity contribution is 0.102. The molecule has 1 amide bonds. The van der Waals surface area contributed by atoms with Crippen LogP contribution < -0.4 is 10.6 Å². The van der Waals surface area contributed by atoms with Gasteiger partial charge in [0.1, 0.15) is 4.34 Å². The van der Waals surface area contributed by atoms with Crippen LogP contribution in [0.5, 0.6) is 0 Å². The Labute approximate surface area is 130 Å². The first kappa shape index (κ1) is 13.9. The Bertz CT molecular complexity index is 669. The Hall–Kier alpha value is -1.07. The van der Waals surface area contributed by atoms with Crippen molar-refractivity contribution in [3.05, 3.63) is 49.6 Å². The number of benzene rings is 1. The van der Waals surface area contributed by atoms with E-state index in [2.05, 4.69) is 16.7 Å². The van der Waals surface area contributed by atoms with Gasteiger partial charge in [-0.15, -0.1) is 11.3 Å². The van der Waals surface area contributed by atoms with Crippen LogP contribution in [-0.2, 0) is 13.0 Å². The molecule has 0 unspecified atom stereocenters. The number of hydrogen-bond donors (Lipinski definition) is 2. The van der Waals surface area contributed by atoms with Crippen molar-refractivity contribution >= 4 is 46.1 Å². The number of rotatable bonds is 2. The molecule has 0 saturated heterocycles. The van der Waals surface area contributed by atoms with Crippen molar-refractivity contribution in [2.75, 3.05) is 11.9 Å². The molecular formula is C14H12Cl2N2OS. The minimum absolute atomic E-state index is 0.225. The number of nitrogens with one attached hydrogen (secondary N) is 2. The normalized spacial score (nSPS) is 13.9. The number of thiophene rings is 1. The lowest BCUT2D eigenvalue weighted by atomic mass is 9.99. The van der Waals surface area contributed by atoms with Crippen LogP contribution in [0.15, 0.2) is 24.3 Å². The molecule has 1 aliphatic heterocycles. The molecule has 1 aliphatic rings. The third-order valence-corrected chi connectivity index (χ3v) is 4.78. The lowest BCUT2D eigenvalue weighted by Gasteiger charge is -2.20. The Morgan fingerprint density at radius 1 is 1.35 bits per heavy atom. The monoisotopic (exact) mass is 326 g/mol. The second kappa shape index (κ2) is 5.74. The van der Waals surface area contributed by atoms with Crippen LogP contribution in [0, 0.1) is 0 Å². The van der Waals surface area contributed by atoms with E-state index >= 15 is 0 Å². The molecule has 0 radical (unpaired) electrons. The van der Waals surface area contributed by atoms with Crippen molar-refractivity contribution in [1.29, 1.82) is 0 Å². The summed E-state index contributed by atoms with van der Waals surface area (Å²) in [7, 11) is 0. The van der Waals surface area contributed by atoms with Crippen LogP contribution in [0.1, 0.15) is 21.5 Å². The van der Waals surface area contributed by atoms with E-state index in [0.29, 0.717) is 14.2 Å². The summed E-state index contributed by atoms with van der Waals surface area (Å²) in [6, 6.07) is 7.56. The van der Waals surface area contributed by atoms with Gasteiger partial charge in [-0.05, 0) is 36.2 Å². The Morgan fingerprint density at radius 2 is 2.20 bits per heavy atom. The van der Waals surface area contributed by atoms with Gasteiger partial charge in [0.05, 0.1) is 9.90 Å². The number of amides is 1. The van der Waals surface area contributed by atoms with Gasteiger partial charge in [0.25, 0.3) is 5.91 Å². The molecule has 2 N–H and O–H groups in total. The largest absolute Gasteiger partial charge is 0.322 e. The molecule has 1 aromatic carbocycles. The summed E-state index contributed by atoms with van der Waals surface area (Å²) < 4.78 is 0.923. The molecule has 3 rings (SSSR count). The molecule has 104 valence electrons. The third kappa shape index (κ3) is 2.69. The standard InChI is InChI=1S/C14H12Cl2N2OS/c15-12-6-9(13(16)20-12)14(19)18-11-3-1-2-8-4-5-17-7-10(8)11/h1-3,6,17H,4-5,7H2,(H,18,19). The van der Waals surface area contributed by atoms with Crippen LogP contribution in [0.25, 0.3) is 0 Å². The lowest BCUT2D eigenvalue weighted by Crippen LogP contribution is -2.25. The zero-order valence-corrected chi connectivity index (χ0v) is 12.8. The molecule has 0 spiro atoms. The Morgan fingerprint density at radius 3 is 2.95 bits per heavy atom. The Balaban J connectivity index is 1.88. The molecule has 0 saturated carbocycles. The number of hydrogen-bond acceptors (Lipinski definition) is 3. The molecule has 0 aliphatic carbocycles. The number of halogens is 2. The third-order valence-electron chi connectivity index (χ3n) is 3.30. The quantitative estimate of drug-likeness (QED) is 0.877. The van der Waals surface area contributed by atoms with Crippen molar-refractivity contribution in [3.8, 4) is 0 Å². The first-order chi connectivity index (χ1) is 9.65. The summed E-state index contributed by atoms with van der Waals surface area (Å²) in [5.74, 6) is -0.225. The van der Waals surface area contributed by atoms with Gasteiger partial charge < -0.3 is 10.6 Å². The van der Waals surface area contributed by atoms with Crippen molar-refractivity contribution in [2.45, 2.75) is 13.0 Å². The molecule has 20 heavy (non-hydrogen) atoms. The fourth-order valence-corrected chi connectivity index (χ4v) is 3.77. The van der Waals surface area contributed by atoms with E-state index in [1.54, 1.807) is 6.07 Å². The van der Waals surface area contributed by atoms with Crippen LogP contribution in [0.2, 0.25) is 8.67 Å². The molecule has 1 aromatic heterocycles. The van der Waals surface area contributed by atoms with Gasteiger partial charge in [-0.1, -0.05) is 35.3 Å². The predicted octanol–water partition coefficient (Wildman–Crippen LogP) is 3.95. The highest BCUT2D eigenvalue weighted by molar-refractivity contribution is 7.20. The van der Waals surface area contributed by atoms with Crippen LogP contribution in [0.4, 0.5) is 5.69 Å². The van der Waals surface area contributed by atoms with E-state index in [1.165, 1.54) is 16.9 Å². The maximum atomic E-state index is 12.3. The molecule has 0 atom stereocenters. The van der Waals surface area contributed by atoms with Crippen LogP contribution in [-0.4, -0.2) is 12.5 Å². The van der Waals surface area contributed by atoms with Gasteiger partial charge in [0, 0.05) is 12.2 Å². The minimum Gasteiger partial charge on any atom is -0.322 e. The fraction of sp³-hybridized carbons (Fsp3) is 0.214. The van der Waals surface area contributed by atoms with Crippen molar-refractivity contribution in [2.24, 2.45) is 0 Å². The Kier molecular flexibility index (Phi) is 3.98. The van der Waals surface area contributed by atoms with Crippen LogP contribution in [0.3, 0.4) is 0 Å². The maximum Gasteiger partial charge on any atom is 0.258 e. The molecule has 3 nitrogen and oxygen atoms in total. The number of carbonyl (C=O) groups is 1. The summed E-state index contributed by atoms with van der Waals surface area (Å²) in [6.07, 6.45) is 0.976. The number of fused-ring (bicyclic) bond motifs is 1. The number of anilines is 1. The molecule has 2 heterocycles. The molecule has 0 fully saturated rings. The fourth-order valence-electron chi connectivity index (χ4n) is 2.32. The summed E-state index contributed by atoms with van der Waals surface area (Å²) in [5.41, 5.74) is 3.67. The van der Waals surface area contributed by atoms with E-state index in [-0.39, 0.29) is 5.91 Å². The zero-order valence-electron chi connectivity index (χ0n) is 10.5. The van der Waals surface area contributed by atoms with Gasteiger partial charge in [0.2, 0.25) is 0 Å². The highest BCUT2D eigenvalue weighted by atomic mass is 35.5. The van der Waals surface area contributed by atoms with E-state index in [1.807, 2.05) is 12.1 Å². The van der Waals surface area contributed by atoms with Gasteiger partial charge in [0.15, 0.2) is 0 Å². The summed E-state index contributed by atoms with van der Waals surface area (Å²) in [6.45, 7) is 1.74. The van der Waals surface area contributed by atoms with Crippen molar-refractivity contribution in [3.63, 3.8) is 0 Å². The smallest absolute Gasteiger partial charge is 0.258 e. The van der Waals surface area contributed by atoms with E-state index in [4.69, 9.17) is 23.2 Å². The first-order valence-corrected chi connectivity index (χ1v) is 7.80. The second-order valence-electron chi connectivity index (χ2n) is 4.56. The zero-order chi connectivity index (χ0) is 14.1. The highest BCUT2D eigenvalue weighted by Gasteiger charge is 2.18. The van der Waals surface area contributed by atoms with Crippen molar-refractivity contribution in [1.82, 2.24) is 5.32 Å². The summed E-state index contributed by atoms with van der Waals surface area (Å²) in [4.78, 5) is 12.3. The summed E-state index contributed by atoms with van der Waals surface area (Å²) in [5, 5.41) is 6.24. The molecule has 2 aromatic rings. The SMILES string of the molecule is O=C(Nc1cccc2c1CNCC2)c1cc(Cl)sc1Cl.